The average Bonchev–Trinajstić information content (AvgIpc) is 3.22. The average molecular weight is 331 g/mol. The van der Waals surface area contributed by atoms with E-state index in [9.17, 15) is 4.79 Å². The van der Waals surface area contributed by atoms with Crippen molar-refractivity contribution in [3.05, 3.63) is 23.8 Å². The number of nitrogens with one attached hydrogen (secondary N) is 1. The predicted octanol–water partition coefficient (Wildman–Crippen LogP) is 0.307. The number of hydrogen-bond acceptors (Lipinski definition) is 7. The molecule has 0 bridgehead atoms. The lowest BCUT2D eigenvalue weighted by Gasteiger charge is -2.27. The zero-order valence-corrected chi connectivity index (χ0v) is 13.3. The number of fused-ring (bicyclic) bond motifs is 1. The molecule has 2 aromatic rings. The molecule has 9 heteroatoms. The fourth-order valence-electron chi connectivity index (χ4n) is 2.88. The molecule has 0 spiro atoms. The lowest BCUT2D eigenvalue weighted by atomic mass is 10.3. The normalized spacial score (nSPS) is 21.8. The molecule has 0 saturated carbocycles. The summed E-state index contributed by atoms with van der Waals surface area (Å²) in [6, 6.07) is 0.0933. The lowest BCUT2D eigenvalue weighted by Crippen LogP contribution is -2.35. The van der Waals surface area contributed by atoms with Crippen molar-refractivity contribution in [1.29, 1.82) is 0 Å². The zero-order chi connectivity index (χ0) is 15.8. The van der Waals surface area contributed by atoms with Crippen LogP contribution in [0.2, 0.25) is 0 Å². The van der Waals surface area contributed by atoms with Crippen LogP contribution in [0.15, 0.2) is 23.8 Å². The molecule has 8 nitrogen and oxygen atoms in total. The summed E-state index contributed by atoms with van der Waals surface area (Å²) < 4.78 is 0. The molecule has 0 unspecified atom stereocenters. The number of thioether (sulfide) groups is 1. The standard InChI is InChI=1S/C14H17N7OS/c15-9-1-2-21(5-9)14(22)10-6-20(3-4-23-10)13-11-12(17-7-16-11)18-8-19-13/h6-9H,1-5,15H2,(H,16,17,18,19)/t9-/m0/s1. The van der Waals surface area contributed by atoms with E-state index < -0.39 is 0 Å². The lowest BCUT2D eigenvalue weighted by molar-refractivity contribution is -0.125. The Morgan fingerprint density at radius 1 is 1.35 bits per heavy atom. The number of H-pyrrole nitrogens is 1. The van der Waals surface area contributed by atoms with Crippen molar-refractivity contribution in [2.45, 2.75) is 12.5 Å². The van der Waals surface area contributed by atoms with E-state index in [1.54, 1.807) is 18.1 Å². The van der Waals surface area contributed by atoms with Gasteiger partial charge in [-0.1, -0.05) is 0 Å². The Hall–Kier alpha value is -2.13. The Morgan fingerprint density at radius 2 is 2.26 bits per heavy atom. The van der Waals surface area contributed by atoms with Crippen LogP contribution in [0.4, 0.5) is 5.82 Å². The molecule has 120 valence electrons. The fraction of sp³-hybridized carbons (Fsp3) is 0.429. The highest BCUT2D eigenvalue weighted by Crippen LogP contribution is 2.29. The maximum Gasteiger partial charge on any atom is 0.261 e. The van der Waals surface area contributed by atoms with Gasteiger partial charge in [0.2, 0.25) is 0 Å². The highest BCUT2D eigenvalue weighted by atomic mass is 32.2. The van der Waals surface area contributed by atoms with E-state index in [1.165, 1.54) is 6.33 Å². The summed E-state index contributed by atoms with van der Waals surface area (Å²) in [6.07, 6.45) is 5.84. The minimum absolute atomic E-state index is 0.0579. The van der Waals surface area contributed by atoms with Gasteiger partial charge in [-0.25, -0.2) is 15.0 Å². The maximum absolute atomic E-state index is 12.6. The number of carbonyl (C=O) groups excluding carboxylic acids is 1. The van der Waals surface area contributed by atoms with Crippen molar-refractivity contribution in [3.8, 4) is 0 Å². The number of anilines is 1. The zero-order valence-electron chi connectivity index (χ0n) is 12.5. The summed E-state index contributed by atoms with van der Waals surface area (Å²) in [6.45, 7) is 2.15. The van der Waals surface area contributed by atoms with Crippen molar-refractivity contribution in [2.24, 2.45) is 5.73 Å². The minimum atomic E-state index is 0.0579. The first kappa shape index (κ1) is 14.5. The third kappa shape index (κ3) is 2.66. The first-order valence-electron chi connectivity index (χ1n) is 7.52. The van der Waals surface area contributed by atoms with E-state index in [0.29, 0.717) is 12.2 Å². The Labute approximate surface area is 137 Å². The number of imidazole rings is 1. The molecule has 2 aromatic heterocycles. The maximum atomic E-state index is 12.6. The second-order valence-electron chi connectivity index (χ2n) is 5.63. The van der Waals surface area contributed by atoms with Crippen LogP contribution in [0.25, 0.3) is 11.2 Å². The van der Waals surface area contributed by atoms with Gasteiger partial charge in [-0.15, -0.1) is 11.8 Å². The van der Waals surface area contributed by atoms with Crippen LogP contribution in [0.5, 0.6) is 0 Å². The Bertz CT molecular complexity index is 773. The third-order valence-corrected chi connectivity index (χ3v) is 5.04. The van der Waals surface area contributed by atoms with Crippen molar-refractivity contribution < 1.29 is 4.79 Å². The first-order chi connectivity index (χ1) is 11.2. The molecule has 23 heavy (non-hydrogen) atoms. The molecule has 1 amide bonds. The van der Waals surface area contributed by atoms with Gasteiger partial charge in [0.25, 0.3) is 5.91 Å². The molecular weight excluding hydrogens is 314 g/mol. The number of aromatic nitrogens is 4. The molecule has 0 radical (unpaired) electrons. The second-order valence-corrected chi connectivity index (χ2v) is 6.77. The van der Waals surface area contributed by atoms with Gasteiger partial charge in [0, 0.05) is 37.6 Å². The molecule has 1 atom stereocenters. The van der Waals surface area contributed by atoms with Gasteiger partial charge in [0.05, 0.1) is 11.2 Å². The molecule has 2 aliphatic heterocycles. The van der Waals surface area contributed by atoms with Gasteiger partial charge in [0.1, 0.15) is 11.8 Å². The molecule has 4 rings (SSSR count). The number of carbonyl (C=O) groups is 1. The van der Waals surface area contributed by atoms with Crippen LogP contribution in [-0.2, 0) is 4.79 Å². The van der Waals surface area contributed by atoms with E-state index in [0.717, 1.165) is 41.5 Å². The summed E-state index contributed by atoms with van der Waals surface area (Å²) in [5.74, 6) is 1.63. The van der Waals surface area contributed by atoms with Gasteiger partial charge in [-0.2, -0.15) is 0 Å². The van der Waals surface area contributed by atoms with Crippen LogP contribution in [-0.4, -0.2) is 62.2 Å². The van der Waals surface area contributed by atoms with Crippen molar-refractivity contribution in [3.63, 3.8) is 0 Å². The summed E-state index contributed by atoms with van der Waals surface area (Å²) >= 11 is 1.58. The largest absolute Gasteiger partial charge is 0.340 e. The van der Waals surface area contributed by atoms with E-state index in [2.05, 4.69) is 19.9 Å². The second kappa shape index (κ2) is 5.82. The molecule has 0 aromatic carbocycles. The number of nitrogens with zero attached hydrogens (tertiary/aromatic N) is 5. The van der Waals surface area contributed by atoms with Gasteiger partial charge in [-0.05, 0) is 6.42 Å². The monoisotopic (exact) mass is 331 g/mol. The van der Waals surface area contributed by atoms with Crippen LogP contribution in [0.3, 0.4) is 0 Å². The fourth-order valence-corrected chi connectivity index (χ4v) is 3.84. The van der Waals surface area contributed by atoms with Crippen LogP contribution < -0.4 is 10.6 Å². The number of hydrogen-bond donors (Lipinski definition) is 2. The topological polar surface area (TPSA) is 104 Å². The summed E-state index contributed by atoms with van der Waals surface area (Å²) in [5.41, 5.74) is 7.31. The minimum Gasteiger partial charge on any atom is -0.340 e. The van der Waals surface area contributed by atoms with Crippen LogP contribution in [0, 0.1) is 0 Å². The number of amides is 1. The van der Waals surface area contributed by atoms with Crippen molar-refractivity contribution in [2.75, 3.05) is 30.3 Å². The molecule has 2 aliphatic rings. The summed E-state index contributed by atoms with van der Waals surface area (Å²) in [7, 11) is 0. The molecule has 4 heterocycles. The van der Waals surface area contributed by atoms with E-state index in [4.69, 9.17) is 5.73 Å². The summed E-state index contributed by atoms with van der Waals surface area (Å²) in [4.78, 5) is 32.9. The SMILES string of the molecule is N[C@H]1CCN(C(=O)C2=CN(c3ncnc4nc[nH]c34)CCS2)C1. The number of aromatic amines is 1. The summed E-state index contributed by atoms with van der Waals surface area (Å²) in [5, 5.41) is 0. The van der Waals surface area contributed by atoms with E-state index in [1.807, 2.05) is 16.0 Å². The molecule has 3 N–H and O–H groups in total. The Kier molecular flexibility index (Phi) is 3.66. The number of likely N-dealkylation sites (tertiary alicyclic amines) is 1. The molecule has 0 aliphatic carbocycles. The van der Waals surface area contributed by atoms with Crippen LogP contribution >= 0.6 is 11.8 Å². The van der Waals surface area contributed by atoms with Gasteiger partial charge in [-0.3, -0.25) is 4.79 Å². The number of rotatable bonds is 2. The van der Waals surface area contributed by atoms with Gasteiger partial charge >= 0.3 is 0 Å². The predicted molar refractivity (Wildman–Crippen MR) is 88.7 cm³/mol. The Morgan fingerprint density at radius 3 is 3.09 bits per heavy atom. The third-order valence-electron chi connectivity index (χ3n) is 4.06. The van der Waals surface area contributed by atoms with E-state index in [-0.39, 0.29) is 11.9 Å². The highest BCUT2D eigenvalue weighted by molar-refractivity contribution is 8.04. The highest BCUT2D eigenvalue weighted by Gasteiger charge is 2.28. The number of nitrogens with two attached hydrogens (primary N) is 1. The van der Waals surface area contributed by atoms with E-state index >= 15 is 0 Å². The molecule has 1 fully saturated rings. The Balaban J connectivity index is 1.63. The van der Waals surface area contributed by atoms with Crippen molar-refractivity contribution in [1.82, 2.24) is 24.8 Å². The quantitative estimate of drug-likeness (QED) is 0.816. The first-order valence-corrected chi connectivity index (χ1v) is 8.51. The van der Waals surface area contributed by atoms with Gasteiger partial charge < -0.3 is 20.5 Å². The van der Waals surface area contributed by atoms with Gasteiger partial charge in [0.15, 0.2) is 11.5 Å². The molecular formula is C14H17N7OS. The van der Waals surface area contributed by atoms with Crippen molar-refractivity contribution >= 4 is 34.7 Å². The smallest absolute Gasteiger partial charge is 0.261 e. The van der Waals surface area contributed by atoms with Crippen LogP contribution in [0.1, 0.15) is 6.42 Å². The molecule has 1 saturated heterocycles.